The molecule has 0 atom stereocenters. The normalized spacial score (nSPS) is 11.3. The Bertz CT molecular complexity index is 192. The Balaban J connectivity index is 3.36. The first-order chi connectivity index (χ1) is 6.81. The highest BCUT2D eigenvalue weighted by Crippen LogP contribution is 1.99. The number of rotatable bonds is 7. The molecule has 0 amide bonds. The molecule has 2 heteroatoms. The van der Waals surface area contributed by atoms with Crippen molar-refractivity contribution in [1.82, 2.24) is 0 Å². The lowest BCUT2D eigenvalue weighted by molar-refractivity contribution is -0.139. The van der Waals surface area contributed by atoms with Crippen LogP contribution in [0, 0.1) is 0 Å². The van der Waals surface area contributed by atoms with Crippen LogP contribution in [-0.4, -0.2) is 13.1 Å². The predicted octanol–water partition coefficient (Wildman–Crippen LogP) is 3.24. The average molecular weight is 196 g/mol. The number of methoxy groups -OCH3 is 1. The summed E-state index contributed by atoms with van der Waals surface area (Å²) >= 11 is 0. The van der Waals surface area contributed by atoms with Gasteiger partial charge in [0.1, 0.15) is 0 Å². The molecular formula is C12H20O2. The first-order valence-corrected chi connectivity index (χ1v) is 5.19. The zero-order chi connectivity index (χ0) is 10.6. The molecule has 0 saturated heterocycles. The maximum atomic E-state index is 10.7. The van der Waals surface area contributed by atoms with Crippen molar-refractivity contribution < 1.29 is 9.53 Å². The van der Waals surface area contributed by atoms with Crippen molar-refractivity contribution in [3.05, 3.63) is 24.3 Å². The Morgan fingerprint density at radius 1 is 1.21 bits per heavy atom. The molecule has 0 unspecified atom stereocenters. The largest absolute Gasteiger partial charge is 0.469 e. The molecule has 0 heterocycles. The van der Waals surface area contributed by atoms with Gasteiger partial charge in [-0.05, 0) is 12.8 Å². The smallest absolute Gasteiger partial charge is 0.309 e. The van der Waals surface area contributed by atoms with Gasteiger partial charge < -0.3 is 4.74 Å². The molecule has 0 saturated carbocycles. The molecule has 0 aliphatic heterocycles. The van der Waals surface area contributed by atoms with E-state index in [1.165, 1.54) is 26.4 Å². The van der Waals surface area contributed by atoms with Crippen LogP contribution in [0.4, 0.5) is 0 Å². The van der Waals surface area contributed by atoms with Crippen molar-refractivity contribution in [2.75, 3.05) is 7.11 Å². The third kappa shape index (κ3) is 9.04. The highest BCUT2D eigenvalue weighted by molar-refractivity contribution is 5.70. The highest BCUT2D eigenvalue weighted by Gasteiger charge is 1.91. The van der Waals surface area contributed by atoms with Gasteiger partial charge in [0.05, 0.1) is 13.5 Å². The fourth-order valence-electron chi connectivity index (χ4n) is 1.01. The predicted molar refractivity (Wildman–Crippen MR) is 59.1 cm³/mol. The molecule has 0 aromatic rings. The van der Waals surface area contributed by atoms with Crippen molar-refractivity contribution in [3.63, 3.8) is 0 Å². The van der Waals surface area contributed by atoms with Crippen molar-refractivity contribution in [3.8, 4) is 0 Å². The minimum absolute atomic E-state index is 0.194. The molecule has 0 aromatic carbocycles. The van der Waals surface area contributed by atoms with Crippen LogP contribution in [0.3, 0.4) is 0 Å². The molecule has 0 aliphatic rings. The maximum Gasteiger partial charge on any atom is 0.309 e. The number of carbonyl (C=O) groups excluding carboxylic acids is 1. The SMILES string of the molecule is CCCCC/C=C/C=C/CC(=O)OC. The summed E-state index contributed by atoms with van der Waals surface area (Å²) in [5.41, 5.74) is 0. The molecule has 0 aromatic heterocycles. The van der Waals surface area contributed by atoms with E-state index in [4.69, 9.17) is 0 Å². The first kappa shape index (κ1) is 12.9. The van der Waals surface area contributed by atoms with E-state index in [-0.39, 0.29) is 5.97 Å². The summed E-state index contributed by atoms with van der Waals surface area (Å²) in [6, 6.07) is 0. The summed E-state index contributed by atoms with van der Waals surface area (Å²) in [5.74, 6) is -0.194. The summed E-state index contributed by atoms with van der Waals surface area (Å²) in [4.78, 5) is 10.7. The lowest BCUT2D eigenvalue weighted by Gasteiger charge is -1.91. The fraction of sp³-hybridized carbons (Fsp3) is 0.583. The van der Waals surface area contributed by atoms with E-state index in [2.05, 4.69) is 17.7 Å². The number of hydrogen-bond donors (Lipinski definition) is 0. The second-order valence-electron chi connectivity index (χ2n) is 3.13. The van der Waals surface area contributed by atoms with Crippen LogP contribution in [-0.2, 0) is 9.53 Å². The van der Waals surface area contributed by atoms with E-state index in [9.17, 15) is 4.79 Å². The minimum Gasteiger partial charge on any atom is -0.469 e. The molecule has 80 valence electrons. The van der Waals surface area contributed by atoms with E-state index in [1.807, 2.05) is 18.2 Å². The second kappa shape index (κ2) is 10.0. The number of unbranched alkanes of at least 4 members (excludes halogenated alkanes) is 3. The zero-order valence-corrected chi connectivity index (χ0v) is 9.16. The van der Waals surface area contributed by atoms with Crippen molar-refractivity contribution in [1.29, 1.82) is 0 Å². The van der Waals surface area contributed by atoms with Gasteiger partial charge in [0.15, 0.2) is 0 Å². The van der Waals surface area contributed by atoms with E-state index in [0.29, 0.717) is 6.42 Å². The topological polar surface area (TPSA) is 26.3 Å². The Morgan fingerprint density at radius 2 is 1.93 bits per heavy atom. The second-order valence-corrected chi connectivity index (χ2v) is 3.13. The van der Waals surface area contributed by atoms with Crippen molar-refractivity contribution >= 4 is 5.97 Å². The Morgan fingerprint density at radius 3 is 2.57 bits per heavy atom. The van der Waals surface area contributed by atoms with Gasteiger partial charge in [0, 0.05) is 0 Å². The van der Waals surface area contributed by atoms with Gasteiger partial charge in [-0.3, -0.25) is 4.79 Å². The molecule has 0 bridgehead atoms. The average Bonchev–Trinajstić information content (AvgIpc) is 2.21. The zero-order valence-electron chi connectivity index (χ0n) is 9.16. The number of hydrogen-bond acceptors (Lipinski definition) is 2. The fourth-order valence-corrected chi connectivity index (χ4v) is 1.01. The van der Waals surface area contributed by atoms with Gasteiger partial charge in [-0.25, -0.2) is 0 Å². The summed E-state index contributed by atoms with van der Waals surface area (Å²) in [6.45, 7) is 2.19. The number of ether oxygens (including phenoxy) is 1. The number of carbonyl (C=O) groups is 1. The molecular weight excluding hydrogens is 176 g/mol. The monoisotopic (exact) mass is 196 g/mol. The molecule has 2 nitrogen and oxygen atoms in total. The van der Waals surface area contributed by atoms with Crippen molar-refractivity contribution in [2.24, 2.45) is 0 Å². The van der Waals surface area contributed by atoms with Crippen LogP contribution >= 0.6 is 0 Å². The number of allylic oxidation sites excluding steroid dienone is 3. The van der Waals surface area contributed by atoms with Gasteiger partial charge >= 0.3 is 5.97 Å². The molecule has 0 radical (unpaired) electrons. The van der Waals surface area contributed by atoms with E-state index < -0.39 is 0 Å². The Hall–Kier alpha value is -1.05. The first-order valence-electron chi connectivity index (χ1n) is 5.19. The lowest BCUT2D eigenvalue weighted by atomic mass is 10.2. The summed E-state index contributed by atoms with van der Waals surface area (Å²) < 4.78 is 4.50. The summed E-state index contributed by atoms with van der Waals surface area (Å²) in [5, 5.41) is 0. The minimum atomic E-state index is -0.194. The number of esters is 1. The maximum absolute atomic E-state index is 10.7. The third-order valence-corrected chi connectivity index (χ3v) is 1.87. The van der Waals surface area contributed by atoms with Gasteiger partial charge in [0.25, 0.3) is 0 Å². The van der Waals surface area contributed by atoms with Gasteiger partial charge in [-0.15, -0.1) is 0 Å². The lowest BCUT2D eigenvalue weighted by Crippen LogP contribution is -1.96. The quantitative estimate of drug-likeness (QED) is 0.355. The Kier molecular flexibility index (Phi) is 9.28. The van der Waals surface area contributed by atoms with E-state index in [1.54, 1.807) is 0 Å². The van der Waals surface area contributed by atoms with Crippen LogP contribution in [0.5, 0.6) is 0 Å². The highest BCUT2D eigenvalue weighted by atomic mass is 16.5. The van der Waals surface area contributed by atoms with Gasteiger partial charge in [-0.1, -0.05) is 44.1 Å². The summed E-state index contributed by atoms with van der Waals surface area (Å²) in [7, 11) is 1.40. The van der Waals surface area contributed by atoms with Crippen LogP contribution in [0.2, 0.25) is 0 Å². The van der Waals surface area contributed by atoms with Gasteiger partial charge in [-0.2, -0.15) is 0 Å². The molecule has 0 aliphatic carbocycles. The molecule has 0 rings (SSSR count). The third-order valence-electron chi connectivity index (χ3n) is 1.87. The summed E-state index contributed by atoms with van der Waals surface area (Å²) in [6.07, 6.45) is 13.1. The van der Waals surface area contributed by atoms with Crippen LogP contribution < -0.4 is 0 Å². The molecule has 0 spiro atoms. The molecule has 0 fully saturated rings. The van der Waals surface area contributed by atoms with E-state index in [0.717, 1.165) is 6.42 Å². The molecule has 0 N–H and O–H groups in total. The van der Waals surface area contributed by atoms with Crippen molar-refractivity contribution in [2.45, 2.75) is 39.0 Å². The van der Waals surface area contributed by atoms with Gasteiger partial charge in [0.2, 0.25) is 0 Å². The van der Waals surface area contributed by atoms with Crippen LogP contribution in [0.15, 0.2) is 24.3 Å². The van der Waals surface area contributed by atoms with Crippen LogP contribution in [0.25, 0.3) is 0 Å². The molecule has 14 heavy (non-hydrogen) atoms. The van der Waals surface area contributed by atoms with E-state index >= 15 is 0 Å². The van der Waals surface area contributed by atoms with Crippen LogP contribution in [0.1, 0.15) is 39.0 Å². The Labute approximate surface area is 86.6 Å². The standard InChI is InChI=1S/C12H20O2/c1-3-4-5-6-7-8-9-10-11-12(13)14-2/h7-10H,3-6,11H2,1-2H3/b8-7+,10-9+.